The van der Waals surface area contributed by atoms with Crippen molar-refractivity contribution in [1.29, 1.82) is 0 Å². The van der Waals surface area contributed by atoms with E-state index >= 15 is 0 Å². The molecule has 2 rings (SSSR count). The van der Waals surface area contributed by atoms with Crippen LogP contribution in [-0.2, 0) is 14.3 Å². The second-order valence-corrected chi connectivity index (χ2v) is 5.97. The van der Waals surface area contributed by atoms with E-state index in [4.69, 9.17) is 4.74 Å². The van der Waals surface area contributed by atoms with Gasteiger partial charge >= 0.3 is 0 Å². The molecular formula is C18H23FN2O3. The zero-order valence-corrected chi connectivity index (χ0v) is 14.3. The van der Waals surface area contributed by atoms with Gasteiger partial charge in [-0.3, -0.25) is 9.59 Å². The van der Waals surface area contributed by atoms with Crippen molar-refractivity contribution in [2.45, 2.75) is 25.3 Å². The number of nitrogens with zero attached hydrogens (tertiary/aromatic N) is 1. The van der Waals surface area contributed by atoms with Crippen molar-refractivity contribution in [2.24, 2.45) is 0 Å². The first-order valence-corrected chi connectivity index (χ1v) is 7.91. The summed E-state index contributed by atoms with van der Waals surface area (Å²) in [5, 5.41) is 2.63. The zero-order chi connectivity index (χ0) is 17.7. The van der Waals surface area contributed by atoms with Crippen molar-refractivity contribution in [2.75, 3.05) is 27.3 Å². The van der Waals surface area contributed by atoms with Crippen LogP contribution in [0.2, 0.25) is 0 Å². The number of allylic oxidation sites excluding steroid dienone is 1. The van der Waals surface area contributed by atoms with Crippen LogP contribution in [0.15, 0.2) is 30.3 Å². The van der Waals surface area contributed by atoms with Crippen LogP contribution in [0.4, 0.5) is 4.39 Å². The van der Waals surface area contributed by atoms with Gasteiger partial charge in [0.1, 0.15) is 11.4 Å². The number of nitrogens with one attached hydrogen (secondary N) is 1. The summed E-state index contributed by atoms with van der Waals surface area (Å²) in [6, 6.07) is 6.08. The average Bonchev–Trinajstić information content (AvgIpc) is 2.99. The number of carbonyl (C=O) groups excluding carboxylic acids is 2. The van der Waals surface area contributed by atoms with Crippen LogP contribution in [0.5, 0.6) is 0 Å². The third kappa shape index (κ3) is 3.48. The second-order valence-electron chi connectivity index (χ2n) is 5.97. The lowest BCUT2D eigenvalue weighted by Gasteiger charge is -2.35. The minimum absolute atomic E-state index is 0.144. The zero-order valence-electron chi connectivity index (χ0n) is 14.3. The lowest BCUT2D eigenvalue weighted by atomic mass is 9.95. The van der Waals surface area contributed by atoms with Crippen molar-refractivity contribution in [3.05, 3.63) is 41.7 Å². The maximum absolute atomic E-state index is 13.3. The molecule has 2 amide bonds. The van der Waals surface area contributed by atoms with E-state index in [1.165, 1.54) is 25.3 Å². The number of likely N-dealkylation sites (N-methyl/N-ethyl adjacent to an activating group) is 1. The molecule has 24 heavy (non-hydrogen) atoms. The molecule has 0 radical (unpaired) electrons. The Bertz CT molecular complexity index is 659. The Morgan fingerprint density at radius 3 is 2.83 bits per heavy atom. The number of likely N-dealkylation sites (tertiary alicyclic amines) is 1. The number of hydrogen-bond acceptors (Lipinski definition) is 3. The van der Waals surface area contributed by atoms with Gasteiger partial charge in [-0.15, -0.1) is 0 Å². The number of carbonyl (C=O) groups is 2. The maximum Gasteiger partial charge on any atom is 0.248 e. The molecule has 1 atom stereocenters. The Balaban J connectivity index is 2.30. The molecule has 0 spiro atoms. The molecule has 1 aliphatic heterocycles. The average molecular weight is 334 g/mol. The van der Waals surface area contributed by atoms with Gasteiger partial charge in [0, 0.05) is 26.8 Å². The van der Waals surface area contributed by atoms with Gasteiger partial charge in [0.25, 0.3) is 0 Å². The van der Waals surface area contributed by atoms with Gasteiger partial charge in [0.2, 0.25) is 11.8 Å². The summed E-state index contributed by atoms with van der Waals surface area (Å²) < 4.78 is 18.6. The van der Waals surface area contributed by atoms with Crippen LogP contribution < -0.4 is 5.32 Å². The lowest BCUT2D eigenvalue weighted by molar-refractivity contribution is -0.145. The van der Waals surface area contributed by atoms with Gasteiger partial charge < -0.3 is 15.0 Å². The Labute approximate surface area is 141 Å². The van der Waals surface area contributed by atoms with Gasteiger partial charge in [0.15, 0.2) is 0 Å². The SMILES string of the molecule is CNC(=O)C1(COC)CCCN1C(=O)/C=C(\C)c1cccc(F)c1. The highest BCUT2D eigenvalue weighted by molar-refractivity contribution is 5.99. The monoisotopic (exact) mass is 334 g/mol. The first-order chi connectivity index (χ1) is 11.4. The molecular weight excluding hydrogens is 311 g/mol. The highest BCUT2D eigenvalue weighted by Gasteiger charge is 2.48. The van der Waals surface area contributed by atoms with E-state index in [1.807, 2.05) is 0 Å². The number of halogens is 1. The highest BCUT2D eigenvalue weighted by Crippen LogP contribution is 2.31. The summed E-state index contributed by atoms with van der Waals surface area (Å²) in [6.07, 6.45) is 2.74. The first-order valence-electron chi connectivity index (χ1n) is 7.91. The van der Waals surface area contributed by atoms with E-state index in [1.54, 1.807) is 31.0 Å². The number of ether oxygens (including phenoxy) is 1. The molecule has 130 valence electrons. The Hall–Kier alpha value is -2.21. The van der Waals surface area contributed by atoms with Crippen LogP contribution in [0.25, 0.3) is 5.57 Å². The Kier molecular flexibility index (Phi) is 5.72. The van der Waals surface area contributed by atoms with Crippen LogP contribution in [-0.4, -0.2) is 49.6 Å². The number of methoxy groups -OCH3 is 1. The normalized spacial score (nSPS) is 21.0. The molecule has 1 heterocycles. The predicted molar refractivity (Wildman–Crippen MR) is 89.7 cm³/mol. The summed E-state index contributed by atoms with van der Waals surface area (Å²) in [4.78, 5) is 26.7. The minimum Gasteiger partial charge on any atom is -0.382 e. The summed E-state index contributed by atoms with van der Waals surface area (Å²) >= 11 is 0. The quantitative estimate of drug-likeness (QED) is 0.838. The molecule has 1 unspecified atom stereocenters. The molecule has 1 N–H and O–H groups in total. The van der Waals surface area contributed by atoms with E-state index in [0.717, 1.165) is 6.42 Å². The van der Waals surface area contributed by atoms with Gasteiger partial charge in [-0.2, -0.15) is 0 Å². The molecule has 1 aliphatic rings. The maximum atomic E-state index is 13.3. The lowest BCUT2D eigenvalue weighted by Crippen LogP contribution is -2.59. The van der Waals surface area contributed by atoms with E-state index < -0.39 is 5.54 Å². The third-order valence-electron chi connectivity index (χ3n) is 4.41. The summed E-state index contributed by atoms with van der Waals surface area (Å²) in [5.41, 5.74) is 0.300. The second kappa shape index (κ2) is 7.57. The van der Waals surface area contributed by atoms with Crippen molar-refractivity contribution < 1.29 is 18.7 Å². The molecule has 0 bridgehead atoms. The van der Waals surface area contributed by atoms with Crippen molar-refractivity contribution in [1.82, 2.24) is 10.2 Å². The van der Waals surface area contributed by atoms with E-state index in [9.17, 15) is 14.0 Å². The molecule has 0 aromatic heterocycles. The standard InChI is InChI=1S/C18H23FN2O3/c1-13(14-6-4-7-15(19)11-14)10-16(22)21-9-5-8-18(21,12-24-3)17(23)20-2/h4,6-7,10-11H,5,8-9,12H2,1-3H3,(H,20,23)/b13-10+. The van der Waals surface area contributed by atoms with Crippen molar-refractivity contribution >= 4 is 17.4 Å². The molecule has 6 heteroatoms. The van der Waals surface area contributed by atoms with Crippen LogP contribution in [0, 0.1) is 5.82 Å². The summed E-state index contributed by atoms with van der Waals surface area (Å²) in [5.74, 6) is -0.852. The predicted octanol–water partition coefficient (Wildman–Crippen LogP) is 1.98. The molecule has 1 aromatic carbocycles. The smallest absolute Gasteiger partial charge is 0.248 e. The molecule has 0 aliphatic carbocycles. The number of amides is 2. The van der Waals surface area contributed by atoms with Crippen LogP contribution in [0.1, 0.15) is 25.3 Å². The van der Waals surface area contributed by atoms with E-state index in [2.05, 4.69) is 5.32 Å². The summed E-state index contributed by atoms with van der Waals surface area (Å²) in [6.45, 7) is 2.38. The highest BCUT2D eigenvalue weighted by atomic mass is 19.1. The van der Waals surface area contributed by atoms with Gasteiger partial charge in [-0.05, 0) is 43.0 Å². The first kappa shape index (κ1) is 18.1. The topological polar surface area (TPSA) is 58.6 Å². The third-order valence-corrected chi connectivity index (χ3v) is 4.41. The van der Waals surface area contributed by atoms with E-state index in [0.29, 0.717) is 24.1 Å². The molecule has 0 saturated carbocycles. The molecule has 1 aromatic rings. The number of hydrogen-bond donors (Lipinski definition) is 1. The van der Waals surface area contributed by atoms with Crippen molar-refractivity contribution in [3.63, 3.8) is 0 Å². The number of benzene rings is 1. The fourth-order valence-corrected chi connectivity index (χ4v) is 3.20. The Morgan fingerprint density at radius 1 is 1.46 bits per heavy atom. The Morgan fingerprint density at radius 2 is 2.21 bits per heavy atom. The largest absolute Gasteiger partial charge is 0.382 e. The van der Waals surface area contributed by atoms with Gasteiger partial charge in [0.05, 0.1) is 6.61 Å². The van der Waals surface area contributed by atoms with Crippen LogP contribution in [0.3, 0.4) is 0 Å². The molecule has 5 nitrogen and oxygen atoms in total. The van der Waals surface area contributed by atoms with Crippen LogP contribution >= 0.6 is 0 Å². The molecule has 1 saturated heterocycles. The number of rotatable bonds is 5. The fraction of sp³-hybridized carbons (Fsp3) is 0.444. The summed E-state index contributed by atoms with van der Waals surface area (Å²) in [7, 11) is 3.06. The fourth-order valence-electron chi connectivity index (χ4n) is 3.20. The molecule has 1 fully saturated rings. The van der Waals surface area contributed by atoms with Gasteiger partial charge in [-0.1, -0.05) is 12.1 Å². The van der Waals surface area contributed by atoms with Crippen molar-refractivity contribution in [3.8, 4) is 0 Å². The van der Waals surface area contributed by atoms with Gasteiger partial charge in [-0.25, -0.2) is 4.39 Å². The minimum atomic E-state index is -0.987. The van der Waals surface area contributed by atoms with E-state index in [-0.39, 0.29) is 24.2 Å².